The van der Waals surface area contributed by atoms with E-state index in [0.717, 1.165) is 37.6 Å². The highest BCUT2D eigenvalue weighted by atomic mass is 32.1. The molecule has 3 nitrogen and oxygen atoms in total. The van der Waals surface area contributed by atoms with Crippen molar-refractivity contribution in [2.75, 3.05) is 5.73 Å². The van der Waals surface area contributed by atoms with Gasteiger partial charge in [-0.1, -0.05) is 11.6 Å². The van der Waals surface area contributed by atoms with Crippen molar-refractivity contribution >= 4 is 38.2 Å². The Bertz CT molecular complexity index is 858. The molecular formula is C16H12N2OS. The summed E-state index contributed by atoms with van der Waals surface area (Å²) in [6.45, 7) is 2.08. The van der Waals surface area contributed by atoms with Gasteiger partial charge in [0.15, 0.2) is 10.8 Å². The average molecular weight is 280 g/mol. The van der Waals surface area contributed by atoms with Crippen molar-refractivity contribution in [1.29, 1.82) is 0 Å². The molecular weight excluding hydrogens is 268 g/mol. The predicted molar refractivity (Wildman–Crippen MR) is 84.0 cm³/mol. The van der Waals surface area contributed by atoms with Gasteiger partial charge >= 0.3 is 0 Å². The second-order valence-electron chi connectivity index (χ2n) is 4.90. The van der Waals surface area contributed by atoms with Gasteiger partial charge in [-0.2, -0.15) is 0 Å². The lowest BCUT2D eigenvalue weighted by Gasteiger charge is -1.89. The van der Waals surface area contributed by atoms with E-state index in [9.17, 15) is 0 Å². The van der Waals surface area contributed by atoms with E-state index >= 15 is 0 Å². The monoisotopic (exact) mass is 280 g/mol. The second kappa shape index (κ2) is 4.08. The fourth-order valence-corrected chi connectivity index (χ4v) is 3.28. The van der Waals surface area contributed by atoms with Crippen LogP contribution in [0.3, 0.4) is 0 Å². The van der Waals surface area contributed by atoms with Gasteiger partial charge in [-0.05, 0) is 43.3 Å². The SMILES string of the molecule is Cc1ccc2oc(-c3nc4ccc(N)cc4s3)cc2c1. The molecule has 0 amide bonds. The van der Waals surface area contributed by atoms with Crippen LogP contribution in [0.4, 0.5) is 5.69 Å². The Hall–Kier alpha value is -2.33. The lowest BCUT2D eigenvalue weighted by Crippen LogP contribution is -1.81. The number of benzene rings is 2. The molecule has 2 N–H and O–H groups in total. The Balaban J connectivity index is 1.91. The van der Waals surface area contributed by atoms with Crippen molar-refractivity contribution in [3.8, 4) is 10.8 Å². The summed E-state index contributed by atoms with van der Waals surface area (Å²) in [7, 11) is 0. The van der Waals surface area contributed by atoms with E-state index in [0.29, 0.717) is 0 Å². The van der Waals surface area contributed by atoms with Crippen LogP contribution in [0, 0.1) is 6.92 Å². The van der Waals surface area contributed by atoms with Gasteiger partial charge in [-0.3, -0.25) is 0 Å². The smallest absolute Gasteiger partial charge is 0.164 e. The van der Waals surface area contributed by atoms with Crippen LogP contribution in [-0.4, -0.2) is 4.98 Å². The Labute approximate surface area is 119 Å². The standard InChI is InChI=1S/C16H12N2OS/c1-9-2-5-13-10(6-9)7-14(19-13)16-18-12-4-3-11(17)8-15(12)20-16/h2-8H,17H2,1H3. The number of nitrogen functional groups attached to an aromatic ring is 1. The molecule has 4 heteroatoms. The van der Waals surface area contributed by atoms with Gasteiger partial charge in [-0.15, -0.1) is 11.3 Å². The molecule has 0 bridgehead atoms. The maximum Gasteiger partial charge on any atom is 0.164 e. The predicted octanol–water partition coefficient (Wildman–Crippen LogP) is 4.60. The molecule has 4 aromatic rings. The Kier molecular flexibility index (Phi) is 2.35. The average Bonchev–Trinajstić information content (AvgIpc) is 3.00. The Morgan fingerprint density at radius 3 is 2.90 bits per heavy atom. The van der Waals surface area contributed by atoms with Crippen molar-refractivity contribution in [3.05, 3.63) is 48.0 Å². The molecule has 0 aliphatic heterocycles. The molecule has 20 heavy (non-hydrogen) atoms. The summed E-state index contributed by atoms with van der Waals surface area (Å²) in [5.41, 5.74) is 9.63. The van der Waals surface area contributed by atoms with Gasteiger partial charge in [0, 0.05) is 11.1 Å². The van der Waals surface area contributed by atoms with Gasteiger partial charge in [0.2, 0.25) is 0 Å². The normalized spacial score (nSPS) is 11.4. The fraction of sp³-hybridized carbons (Fsp3) is 0.0625. The van der Waals surface area contributed by atoms with Gasteiger partial charge in [0.05, 0.1) is 10.2 Å². The lowest BCUT2D eigenvalue weighted by molar-refractivity contribution is 0.631. The molecule has 0 fully saturated rings. The first-order chi connectivity index (χ1) is 9.69. The van der Waals surface area contributed by atoms with Crippen molar-refractivity contribution in [3.63, 3.8) is 0 Å². The number of thiazole rings is 1. The summed E-state index contributed by atoms with van der Waals surface area (Å²) in [6, 6.07) is 14.0. The zero-order valence-corrected chi connectivity index (χ0v) is 11.7. The van der Waals surface area contributed by atoms with Gasteiger partial charge in [0.25, 0.3) is 0 Å². The maximum absolute atomic E-state index is 5.89. The molecule has 0 radical (unpaired) electrons. The Morgan fingerprint density at radius 1 is 1.10 bits per heavy atom. The summed E-state index contributed by atoms with van der Waals surface area (Å²) in [4.78, 5) is 4.61. The number of furan rings is 1. The first-order valence-corrected chi connectivity index (χ1v) is 7.17. The largest absolute Gasteiger partial charge is 0.454 e. The van der Waals surface area contributed by atoms with Crippen molar-refractivity contribution in [2.24, 2.45) is 0 Å². The minimum absolute atomic E-state index is 0.757. The minimum Gasteiger partial charge on any atom is -0.454 e. The first-order valence-electron chi connectivity index (χ1n) is 6.36. The number of rotatable bonds is 1. The molecule has 0 saturated carbocycles. The number of aryl methyl sites for hydroxylation is 1. The minimum atomic E-state index is 0.757. The van der Waals surface area contributed by atoms with Crippen molar-refractivity contribution < 1.29 is 4.42 Å². The van der Waals surface area contributed by atoms with Crippen LogP contribution in [0.15, 0.2) is 46.9 Å². The third-order valence-corrected chi connectivity index (χ3v) is 4.33. The fourth-order valence-electron chi connectivity index (χ4n) is 2.31. The van der Waals surface area contributed by atoms with E-state index in [-0.39, 0.29) is 0 Å². The number of nitrogens with two attached hydrogens (primary N) is 1. The van der Waals surface area contributed by atoms with Crippen molar-refractivity contribution in [1.82, 2.24) is 4.98 Å². The molecule has 2 heterocycles. The van der Waals surface area contributed by atoms with E-state index in [1.165, 1.54) is 5.56 Å². The highest BCUT2D eigenvalue weighted by molar-refractivity contribution is 7.21. The van der Waals surface area contributed by atoms with Crippen LogP contribution in [0.2, 0.25) is 0 Å². The van der Waals surface area contributed by atoms with Crippen LogP contribution in [0.1, 0.15) is 5.56 Å². The third kappa shape index (κ3) is 1.77. The number of nitrogens with zero attached hydrogens (tertiary/aromatic N) is 1. The molecule has 0 aliphatic rings. The topological polar surface area (TPSA) is 52.0 Å². The number of fused-ring (bicyclic) bond motifs is 2. The molecule has 2 aromatic carbocycles. The number of hydrogen-bond donors (Lipinski definition) is 1. The third-order valence-electron chi connectivity index (χ3n) is 3.30. The summed E-state index contributed by atoms with van der Waals surface area (Å²) in [5.74, 6) is 0.811. The molecule has 0 saturated heterocycles. The first kappa shape index (κ1) is 11.5. The highest BCUT2D eigenvalue weighted by Gasteiger charge is 2.11. The van der Waals surface area contributed by atoms with Crippen LogP contribution in [0.5, 0.6) is 0 Å². The summed E-state index contributed by atoms with van der Waals surface area (Å²) in [5, 5.41) is 2.00. The van der Waals surface area contributed by atoms with Gasteiger partial charge in [-0.25, -0.2) is 4.98 Å². The van der Waals surface area contributed by atoms with Gasteiger partial charge in [0.1, 0.15) is 5.58 Å². The van der Waals surface area contributed by atoms with E-state index in [1.54, 1.807) is 11.3 Å². The zero-order valence-electron chi connectivity index (χ0n) is 10.9. The molecule has 98 valence electrons. The number of hydrogen-bond acceptors (Lipinski definition) is 4. The second-order valence-corrected chi connectivity index (χ2v) is 5.93. The molecule has 0 unspecified atom stereocenters. The molecule has 2 aromatic heterocycles. The lowest BCUT2D eigenvalue weighted by atomic mass is 10.2. The van der Waals surface area contributed by atoms with E-state index < -0.39 is 0 Å². The zero-order chi connectivity index (χ0) is 13.7. The van der Waals surface area contributed by atoms with E-state index in [2.05, 4.69) is 24.0 Å². The maximum atomic E-state index is 5.89. The Morgan fingerprint density at radius 2 is 2.00 bits per heavy atom. The van der Waals surface area contributed by atoms with Crippen LogP contribution in [-0.2, 0) is 0 Å². The van der Waals surface area contributed by atoms with Crippen LogP contribution >= 0.6 is 11.3 Å². The van der Waals surface area contributed by atoms with Crippen molar-refractivity contribution in [2.45, 2.75) is 6.92 Å². The molecule has 4 rings (SSSR count). The van der Waals surface area contributed by atoms with Gasteiger partial charge < -0.3 is 10.2 Å². The van der Waals surface area contributed by atoms with E-state index in [4.69, 9.17) is 10.2 Å². The van der Waals surface area contributed by atoms with E-state index in [1.807, 2.05) is 30.3 Å². The van der Waals surface area contributed by atoms with Crippen LogP contribution in [0.25, 0.3) is 32.0 Å². The summed E-state index contributed by atoms with van der Waals surface area (Å²) >= 11 is 1.60. The number of aromatic nitrogens is 1. The molecule has 0 spiro atoms. The molecule has 0 aliphatic carbocycles. The number of anilines is 1. The highest BCUT2D eigenvalue weighted by Crippen LogP contribution is 2.34. The summed E-state index contributed by atoms with van der Waals surface area (Å²) in [6.07, 6.45) is 0. The molecule has 0 atom stereocenters. The quantitative estimate of drug-likeness (QED) is 0.518. The van der Waals surface area contributed by atoms with Crippen LogP contribution < -0.4 is 5.73 Å². The summed E-state index contributed by atoms with van der Waals surface area (Å²) < 4.78 is 6.97.